The molecule has 2 rings (SSSR count). The van der Waals surface area contributed by atoms with E-state index < -0.39 is 0 Å². The van der Waals surface area contributed by atoms with Crippen LogP contribution in [-0.2, 0) is 6.42 Å². The fourth-order valence-electron chi connectivity index (χ4n) is 1.72. The Morgan fingerprint density at radius 1 is 1.05 bits per heavy atom. The molecule has 0 radical (unpaired) electrons. The second-order valence-corrected chi connectivity index (χ2v) is 6.42. The first-order valence-electron chi connectivity index (χ1n) is 6.19. The number of hydrogen-bond acceptors (Lipinski definition) is 1. The number of rotatable bonds is 4. The second-order valence-electron chi connectivity index (χ2n) is 4.24. The standard InChI is InChI=1S/C15H14Br2N2S/c16-12-6-7-14(13(17)10-12)19-15(20)18-9-8-11-4-2-1-3-5-11/h1-7,10H,8-9H2,(H2,18,19,20). The van der Waals surface area contributed by atoms with Crippen molar-refractivity contribution in [2.45, 2.75) is 6.42 Å². The summed E-state index contributed by atoms with van der Waals surface area (Å²) in [4.78, 5) is 0. The van der Waals surface area contributed by atoms with E-state index in [4.69, 9.17) is 12.2 Å². The van der Waals surface area contributed by atoms with Gasteiger partial charge in [0.25, 0.3) is 0 Å². The summed E-state index contributed by atoms with van der Waals surface area (Å²) in [5.74, 6) is 0. The first kappa shape index (κ1) is 15.5. The van der Waals surface area contributed by atoms with Gasteiger partial charge in [-0.3, -0.25) is 0 Å². The quantitative estimate of drug-likeness (QED) is 0.707. The van der Waals surface area contributed by atoms with Gasteiger partial charge in [-0.25, -0.2) is 0 Å². The molecule has 0 bridgehead atoms. The summed E-state index contributed by atoms with van der Waals surface area (Å²) in [6, 6.07) is 16.3. The van der Waals surface area contributed by atoms with Crippen LogP contribution in [0.5, 0.6) is 0 Å². The van der Waals surface area contributed by atoms with Crippen LogP contribution in [0.15, 0.2) is 57.5 Å². The fourth-order valence-corrected chi connectivity index (χ4v) is 3.08. The van der Waals surface area contributed by atoms with Crippen LogP contribution in [0.3, 0.4) is 0 Å². The molecule has 0 heterocycles. The van der Waals surface area contributed by atoms with Crippen molar-refractivity contribution in [2.75, 3.05) is 11.9 Å². The summed E-state index contributed by atoms with van der Waals surface area (Å²) in [7, 11) is 0. The highest BCUT2D eigenvalue weighted by Crippen LogP contribution is 2.25. The molecule has 0 aliphatic heterocycles. The van der Waals surface area contributed by atoms with Crippen molar-refractivity contribution in [3.05, 3.63) is 63.0 Å². The zero-order valence-electron chi connectivity index (χ0n) is 10.7. The number of nitrogens with one attached hydrogen (secondary N) is 2. The van der Waals surface area contributed by atoms with Gasteiger partial charge in [-0.05, 0) is 58.3 Å². The van der Waals surface area contributed by atoms with Gasteiger partial charge >= 0.3 is 0 Å². The maximum Gasteiger partial charge on any atom is 0.170 e. The van der Waals surface area contributed by atoms with E-state index in [1.807, 2.05) is 36.4 Å². The van der Waals surface area contributed by atoms with Crippen molar-refractivity contribution in [1.82, 2.24) is 5.32 Å². The molecule has 0 spiro atoms. The summed E-state index contributed by atoms with van der Waals surface area (Å²) in [5.41, 5.74) is 2.25. The number of halogens is 2. The summed E-state index contributed by atoms with van der Waals surface area (Å²) in [5, 5.41) is 7.01. The van der Waals surface area contributed by atoms with E-state index >= 15 is 0 Å². The molecule has 104 valence electrons. The molecular weight excluding hydrogens is 400 g/mol. The average Bonchev–Trinajstić information content (AvgIpc) is 2.43. The van der Waals surface area contributed by atoms with Crippen LogP contribution in [0.25, 0.3) is 0 Å². The SMILES string of the molecule is S=C(NCCc1ccccc1)Nc1ccc(Br)cc1Br. The number of thiocarbonyl (C=S) groups is 1. The molecule has 20 heavy (non-hydrogen) atoms. The molecule has 0 saturated heterocycles. The smallest absolute Gasteiger partial charge is 0.170 e. The van der Waals surface area contributed by atoms with Crippen LogP contribution in [0.2, 0.25) is 0 Å². The normalized spacial score (nSPS) is 10.1. The largest absolute Gasteiger partial charge is 0.362 e. The summed E-state index contributed by atoms with van der Waals surface area (Å²) in [6.07, 6.45) is 0.949. The van der Waals surface area contributed by atoms with Gasteiger partial charge in [0.15, 0.2) is 5.11 Å². The molecular formula is C15H14Br2N2S. The third kappa shape index (κ3) is 4.89. The van der Waals surface area contributed by atoms with Crippen LogP contribution < -0.4 is 10.6 Å². The lowest BCUT2D eigenvalue weighted by molar-refractivity contribution is 0.873. The predicted octanol–water partition coefficient (Wildman–Crippen LogP) is 4.74. The lowest BCUT2D eigenvalue weighted by Gasteiger charge is -2.12. The molecule has 2 aromatic rings. The number of anilines is 1. The topological polar surface area (TPSA) is 24.1 Å². The summed E-state index contributed by atoms with van der Waals surface area (Å²) < 4.78 is 2.00. The highest BCUT2D eigenvalue weighted by molar-refractivity contribution is 9.11. The molecule has 0 saturated carbocycles. The third-order valence-electron chi connectivity index (χ3n) is 2.72. The summed E-state index contributed by atoms with van der Waals surface area (Å²) >= 11 is 12.2. The zero-order chi connectivity index (χ0) is 14.4. The van der Waals surface area contributed by atoms with E-state index in [0.29, 0.717) is 5.11 Å². The monoisotopic (exact) mass is 412 g/mol. The van der Waals surface area contributed by atoms with Crippen LogP contribution in [0, 0.1) is 0 Å². The maximum absolute atomic E-state index is 5.29. The van der Waals surface area contributed by atoms with Crippen LogP contribution in [0.4, 0.5) is 5.69 Å². The van der Waals surface area contributed by atoms with Crippen LogP contribution in [0.1, 0.15) is 5.56 Å². The predicted molar refractivity (Wildman–Crippen MR) is 96.2 cm³/mol. The summed E-state index contributed by atoms with van der Waals surface area (Å²) in [6.45, 7) is 0.810. The highest BCUT2D eigenvalue weighted by atomic mass is 79.9. The molecule has 0 fully saturated rings. The van der Waals surface area contributed by atoms with Crippen molar-refractivity contribution < 1.29 is 0 Å². The minimum atomic E-state index is 0.629. The van der Waals surface area contributed by atoms with E-state index in [1.54, 1.807) is 0 Å². The van der Waals surface area contributed by atoms with Crippen molar-refractivity contribution in [3.63, 3.8) is 0 Å². The van der Waals surface area contributed by atoms with E-state index in [1.165, 1.54) is 5.56 Å². The van der Waals surface area contributed by atoms with Crippen molar-refractivity contribution >= 4 is 54.9 Å². The molecule has 0 aliphatic rings. The van der Waals surface area contributed by atoms with Gasteiger partial charge < -0.3 is 10.6 Å². The Labute approximate surface area is 141 Å². The molecule has 5 heteroatoms. The molecule has 0 aliphatic carbocycles. The Kier molecular flexibility index (Phi) is 6.01. The van der Waals surface area contributed by atoms with Gasteiger partial charge in [-0.15, -0.1) is 0 Å². The van der Waals surface area contributed by atoms with Crippen LogP contribution in [-0.4, -0.2) is 11.7 Å². The molecule has 0 atom stereocenters. The Bertz CT molecular complexity index is 588. The lowest BCUT2D eigenvalue weighted by Crippen LogP contribution is -2.30. The van der Waals surface area contributed by atoms with Crippen LogP contribution >= 0.6 is 44.1 Å². The van der Waals surface area contributed by atoms with Gasteiger partial charge in [0.05, 0.1) is 5.69 Å². The van der Waals surface area contributed by atoms with E-state index in [9.17, 15) is 0 Å². The van der Waals surface area contributed by atoms with Crippen molar-refractivity contribution in [2.24, 2.45) is 0 Å². The Balaban J connectivity index is 1.81. The first-order chi connectivity index (χ1) is 9.65. The highest BCUT2D eigenvalue weighted by Gasteiger charge is 2.02. The minimum Gasteiger partial charge on any atom is -0.362 e. The molecule has 0 aromatic heterocycles. The Morgan fingerprint density at radius 2 is 1.80 bits per heavy atom. The molecule has 2 aromatic carbocycles. The molecule has 0 unspecified atom stereocenters. The number of hydrogen-bond donors (Lipinski definition) is 2. The minimum absolute atomic E-state index is 0.629. The molecule has 2 nitrogen and oxygen atoms in total. The second kappa shape index (κ2) is 7.76. The van der Waals surface area contributed by atoms with Gasteiger partial charge in [0.2, 0.25) is 0 Å². The average molecular weight is 414 g/mol. The van der Waals surface area contributed by atoms with Gasteiger partial charge in [-0.2, -0.15) is 0 Å². The zero-order valence-corrected chi connectivity index (χ0v) is 14.7. The fraction of sp³-hybridized carbons (Fsp3) is 0.133. The van der Waals surface area contributed by atoms with Gasteiger partial charge in [-0.1, -0.05) is 46.3 Å². The van der Waals surface area contributed by atoms with E-state index in [-0.39, 0.29) is 0 Å². The molecule has 2 N–H and O–H groups in total. The van der Waals surface area contributed by atoms with Gasteiger partial charge in [0, 0.05) is 15.5 Å². The van der Waals surface area contributed by atoms with Gasteiger partial charge in [0.1, 0.15) is 0 Å². The van der Waals surface area contributed by atoms with Crippen molar-refractivity contribution in [1.29, 1.82) is 0 Å². The van der Waals surface area contributed by atoms with Crippen molar-refractivity contribution in [3.8, 4) is 0 Å². The van der Waals surface area contributed by atoms with E-state index in [2.05, 4.69) is 54.6 Å². The van der Waals surface area contributed by atoms with E-state index in [0.717, 1.165) is 27.6 Å². The number of benzene rings is 2. The maximum atomic E-state index is 5.29. The Hall–Kier alpha value is -0.910. The Morgan fingerprint density at radius 3 is 2.50 bits per heavy atom. The first-order valence-corrected chi connectivity index (χ1v) is 8.18. The third-order valence-corrected chi connectivity index (χ3v) is 4.12. The lowest BCUT2D eigenvalue weighted by atomic mass is 10.1. The molecule has 0 amide bonds.